The molecule has 0 saturated carbocycles. The third kappa shape index (κ3) is 2.46. The van der Waals surface area contributed by atoms with Crippen molar-refractivity contribution in [2.45, 2.75) is 6.92 Å². The SMILES string of the molecule is Cc1cccc(C(=O)Nc2nc3ccc(O)cc3s2)n1. The average Bonchev–Trinajstić information content (AvgIpc) is 2.80. The minimum atomic E-state index is -0.294. The molecule has 0 atom stereocenters. The Morgan fingerprint density at radius 1 is 1.25 bits per heavy atom. The summed E-state index contributed by atoms with van der Waals surface area (Å²) in [7, 11) is 0. The summed E-state index contributed by atoms with van der Waals surface area (Å²) in [6.07, 6.45) is 0. The lowest BCUT2D eigenvalue weighted by atomic mass is 10.3. The number of anilines is 1. The molecule has 0 fully saturated rings. The third-order valence-electron chi connectivity index (χ3n) is 2.71. The van der Waals surface area contributed by atoms with Crippen LogP contribution in [0, 0.1) is 6.92 Å². The number of aryl methyl sites for hydroxylation is 1. The number of phenols is 1. The maximum Gasteiger partial charge on any atom is 0.276 e. The van der Waals surface area contributed by atoms with Gasteiger partial charge >= 0.3 is 0 Å². The van der Waals surface area contributed by atoms with Gasteiger partial charge in [-0.1, -0.05) is 17.4 Å². The molecule has 0 saturated heterocycles. The van der Waals surface area contributed by atoms with E-state index in [0.29, 0.717) is 10.8 Å². The van der Waals surface area contributed by atoms with Gasteiger partial charge in [-0.05, 0) is 37.3 Å². The molecule has 100 valence electrons. The van der Waals surface area contributed by atoms with Crippen molar-refractivity contribution < 1.29 is 9.90 Å². The first kappa shape index (κ1) is 12.6. The fourth-order valence-electron chi connectivity index (χ4n) is 1.80. The largest absolute Gasteiger partial charge is 0.508 e. The number of carbonyl (C=O) groups excluding carboxylic acids is 1. The van der Waals surface area contributed by atoms with E-state index in [9.17, 15) is 9.90 Å². The number of nitrogens with zero attached hydrogens (tertiary/aromatic N) is 2. The van der Waals surface area contributed by atoms with Crippen molar-refractivity contribution in [3.05, 3.63) is 47.8 Å². The minimum Gasteiger partial charge on any atom is -0.508 e. The number of carbonyl (C=O) groups is 1. The van der Waals surface area contributed by atoms with Crippen LogP contribution in [0.5, 0.6) is 5.75 Å². The van der Waals surface area contributed by atoms with Crippen LogP contribution in [0.15, 0.2) is 36.4 Å². The van der Waals surface area contributed by atoms with Crippen molar-refractivity contribution in [3.63, 3.8) is 0 Å². The number of pyridine rings is 1. The molecule has 1 aromatic carbocycles. The molecule has 6 heteroatoms. The second kappa shape index (κ2) is 4.90. The Morgan fingerprint density at radius 2 is 2.10 bits per heavy atom. The molecule has 2 heterocycles. The molecule has 3 rings (SSSR count). The summed E-state index contributed by atoms with van der Waals surface area (Å²) in [4.78, 5) is 20.5. The molecule has 0 radical (unpaired) electrons. The number of amides is 1. The van der Waals surface area contributed by atoms with Crippen LogP contribution in [0.2, 0.25) is 0 Å². The van der Waals surface area contributed by atoms with Crippen molar-refractivity contribution in [2.75, 3.05) is 5.32 Å². The number of benzene rings is 1. The van der Waals surface area contributed by atoms with E-state index >= 15 is 0 Å². The maximum atomic E-state index is 12.1. The van der Waals surface area contributed by atoms with Gasteiger partial charge in [0.15, 0.2) is 5.13 Å². The Bertz CT molecular complexity index is 798. The molecule has 1 amide bonds. The molecule has 0 bridgehead atoms. The molecule has 0 spiro atoms. The van der Waals surface area contributed by atoms with E-state index in [1.54, 1.807) is 30.3 Å². The highest BCUT2D eigenvalue weighted by Crippen LogP contribution is 2.28. The molecule has 0 aliphatic rings. The van der Waals surface area contributed by atoms with Crippen LogP contribution >= 0.6 is 11.3 Å². The number of hydrogen-bond acceptors (Lipinski definition) is 5. The topological polar surface area (TPSA) is 75.1 Å². The fraction of sp³-hybridized carbons (Fsp3) is 0.0714. The number of aromatic nitrogens is 2. The van der Waals surface area contributed by atoms with Gasteiger partial charge in [0.25, 0.3) is 5.91 Å². The molecule has 2 N–H and O–H groups in total. The van der Waals surface area contributed by atoms with Gasteiger partial charge in [-0.2, -0.15) is 0 Å². The predicted molar refractivity (Wildman–Crippen MR) is 78.2 cm³/mol. The van der Waals surface area contributed by atoms with Crippen LogP contribution < -0.4 is 5.32 Å². The molecule has 3 aromatic rings. The average molecular weight is 285 g/mol. The van der Waals surface area contributed by atoms with Gasteiger partial charge < -0.3 is 5.11 Å². The van der Waals surface area contributed by atoms with E-state index in [2.05, 4.69) is 15.3 Å². The Labute approximate surface area is 118 Å². The van der Waals surface area contributed by atoms with Gasteiger partial charge in [-0.25, -0.2) is 9.97 Å². The number of hydrogen-bond donors (Lipinski definition) is 2. The van der Waals surface area contributed by atoms with E-state index in [-0.39, 0.29) is 11.7 Å². The van der Waals surface area contributed by atoms with Crippen molar-refractivity contribution in [1.82, 2.24) is 9.97 Å². The zero-order valence-corrected chi connectivity index (χ0v) is 11.4. The Hall–Kier alpha value is -2.47. The van der Waals surface area contributed by atoms with Gasteiger partial charge in [0.2, 0.25) is 0 Å². The van der Waals surface area contributed by atoms with Crippen LogP contribution in [0.25, 0.3) is 10.2 Å². The Balaban J connectivity index is 1.87. The van der Waals surface area contributed by atoms with Gasteiger partial charge in [0, 0.05) is 5.69 Å². The van der Waals surface area contributed by atoms with Crippen LogP contribution in [-0.4, -0.2) is 21.0 Å². The maximum absolute atomic E-state index is 12.1. The van der Waals surface area contributed by atoms with E-state index in [1.807, 2.05) is 13.0 Å². The second-order valence-electron chi connectivity index (χ2n) is 4.29. The summed E-state index contributed by atoms with van der Waals surface area (Å²) >= 11 is 1.31. The number of phenolic OH excluding ortho intramolecular Hbond substituents is 1. The quantitative estimate of drug-likeness (QED) is 0.759. The van der Waals surface area contributed by atoms with E-state index in [1.165, 1.54) is 11.3 Å². The van der Waals surface area contributed by atoms with Gasteiger partial charge in [0.1, 0.15) is 11.4 Å². The monoisotopic (exact) mass is 285 g/mol. The molecular weight excluding hydrogens is 274 g/mol. The molecule has 0 aliphatic carbocycles. The summed E-state index contributed by atoms with van der Waals surface area (Å²) in [5, 5.41) is 12.6. The van der Waals surface area contributed by atoms with Crippen LogP contribution in [0.4, 0.5) is 5.13 Å². The smallest absolute Gasteiger partial charge is 0.276 e. The minimum absolute atomic E-state index is 0.180. The molecular formula is C14H11N3O2S. The number of aromatic hydroxyl groups is 1. The normalized spacial score (nSPS) is 10.7. The van der Waals surface area contributed by atoms with Gasteiger partial charge in [0.05, 0.1) is 10.2 Å². The van der Waals surface area contributed by atoms with Gasteiger partial charge in [-0.3, -0.25) is 10.1 Å². The van der Waals surface area contributed by atoms with Crippen LogP contribution in [0.1, 0.15) is 16.2 Å². The zero-order chi connectivity index (χ0) is 14.1. The zero-order valence-electron chi connectivity index (χ0n) is 10.6. The molecule has 0 aliphatic heterocycles. The van der Waals surface area contributed by atoms with Gasteiger partial charge in [-0.15, -0.1) is 0 Å². The first-order valence-electron chi connectivity index (χ1n) is 5.96. The molecule has 2 aromatic heterocycles. The summed E-state index contributed by atoms with van der Waals surface area (Å²) in [6.45, 7) is 1.83. The Kier molecular flexibility index (Phi) is 3.08. The molecule has 5 nitrogen and oxygen atoms in total. The molecule has 0 unspecified atom stereocenters. The van der Waals surface area contributed by atoms with Crippen LogP contribution in [-0.2, 0) is 0 Å². The first-order valence-corrected chi connectivity index (χ1v) is 6.78. The summed E-state index contributed by atoms with van der Waals surface area (Å²) in [5.74, 6) is -0.114. The lowest BCUT2D eigenvalue weighted by molar-refractivity contribution is 0.102. The number of thiazole rings is 1. The Morgan fingerprint density at radius 3 is 2.90 bits per heavy atom. The lowest BCUT2D eigenvalue weighted by Gasteiger charge is -2.01. The summed E-state index contributed by atoms with van der Waals surface area (Å²) < 4.78 is 0.817. The first-order chi connectivity index (χ1) is 9.61. The van der Waals surface area contributed by atoms with Crippen LogP contribution in [0.3, 0.4) is 0 Å². The van der Waals surface area contributed by atoms with E-state index in [4.69, 9.17) is 0 Å². The standard InChI is InChI=1S/C14H11N3O2S/c1-8-3-2-4-11(15-8)13(19)17-14-16-10-6-5-9(18)7-12(10)20-14/h2-7,18H,1H3,(H,16,17,19). The van der Waals surface area contributed by atoms with Crippen molar-refractivity contribution in [2.24, 2.45) is 0 Å². The second-order valence-corrected chi connectivity index (χ2v) is 5.32. The third-order valence-corrected chi connectivity index (χ3v) is 3.65. The predicted octanol–water partition coefficient (Wildman–Crippen LogP) is 2.96. The van der Waals surface area contributed by atoms with E-state index < -0.39 is 0 Å². The number of fused-ring (bicyclic) bond motifs is 1. The molecule has 20 heavy (non-hydrogen) atoms. The highest BCUT2D eigenvalue weighted by atomic mass is 32.1. The van der Waals surface area contributed by atoms with E-state index in [0.717, 1.165) is 15.9 Å². The van der Waals surface area contributed by atoms with Crippen molar-refractivity contribution in [1.29, 1.82) is 0 Å². The number of rotatable bonds is 2. The summed E-state index contributed by atoms with van der Waals surface area (Å²) in [6, 6.07) is 10.2. The number of nitrogens with one attached hydrogen (secondary N) is 1. The highest BCUT2D eigenvalue weighted by molar-refractivity contribution is 7.22. The van der Waals surface area contributed by atoms with Crippen molar-refractivity contribution >= 4 is 32.6 Å². The summed E-state index contributed by atoms with van der Waals surface area (Å²) in [5.41, 5.74) is 1.87. The lowest BCUT2D eigenvalue weighted by Crippen LogP contribution is -2.13. The van der Waals surface area contributed by atoms with Crippen molar-refractivity contribution in [3.8, 4) is 5.75 Å². The fourth-order valence-corrected chi connectivity index (χ4v) is 2.69. The highest BCUT2D eigenvalue weighted by Gasteiger charge is 2.11.